The van der Waals surface area contributed by atoms with E-state index in [1.165, 1.54) is 0 Å². The molecule has 0 unspecified atom stereocenters. The minimum Gasteiger partial charge on any atom is -0.383 e. The second-order valence-electron chi connectivity index (χ2n) is 9.08. The molecule has 186 valence electrons. The number of nitrogens with zero attached hydrogens (tertiary/aromatic N) is 4. The Morgan fingerprint density at radius 2 is 1.66 bits per heavy atom. The van der Waals surface area contributed by atoms with Crippen LogP contribution in [0.3, 0.4) is 0 Å². The normalized spacial score (nSPS) is 16.3. The van der Waals surface area contributed by atoms with Crippen LogP contribution in [-0.4, -0.2) is 85.7 Å². The van der Waals surface area contributed by atoms with Crippen LogP contribution < -0.4 is 10.6 Å². The van der Waals surface area contributed by atoms with E-state index in [0.717, 1.165) is 55.7 Å². The lowest BCUT2D eigenvalue weighted by Crippen LogP contribution is -2.51. The second kappa shape index (κ2) is 12.0. The fourth-order valence-corrected chi connectivity index (χ4v) is 4.93. The highest BCUT2D eigenvalue weighted by molar-refractivity contribution is 5.93. The number of nitriles is 1. The van der Waals surface area contributed by atoms with E-state index in [4.69, 9.17) is 4.74 Å². The third kappa shape index (κ3) is 6.09. The van der Waals surface area contributed by atoms with Crippen molar-refractivity contribution in [2.45, 2.75) is 25.7 Å². The number of hydrogen-bond donors (Lipinski definition) is 2. The van der Waals surface area contributed by atoms with Crippen LogP contribution in [0, 0.1) is 11.3 Å². The summed E-state index contributed by atoms with van der Waals surface area (Å²) in [7, 11) is 1.61. The number of fused-ring (bicyclic) bond motifs is 1. The lowest BCUT2D eigenvalue weighted by Gasteiger charge is -2.33. The third-order valence-corrected chi connectivity index (χ3v) is 6.68. The molecule has 0 radical (unpaired) electrons. The number of anilines is 1. The fraction of sp³-hybridized carbons (Fsp3) is 0.500. The van der Waals surface area contributed by atoms with Gasteiger partial charge in [-0.1, -0.05) is 18.2 Å². The Bertz CT molecular complexity index is 1070. The van der Waals surface area contributed by atoms with Crippen LogP contribution in [-0.2, 0) is 27.2 Å². The molecule has 1 fully saturated rings. The van der Waals surface area contributed by atoms with E-state index in [1.54, 1.807) is 7.11 Å². The van der Waals surface area contributed by atoms with Crippen molar-refractivity contribution in [2.75, 3.05) is 64.8 Å². The minimum absolute atomic E-state index is 0.0112. The average molecular weight is 479 g/mol. The zero-order chi connectivity index (χ0) is 24.6. The van der Waals surface area contributed by atoms with Crippen molar-refractivity contribution in [1.29, 1.82) is 5.26 Å². The molecule has 4 rings (SSSR count). The lowest BCUT2D eigenvalue weighted by molar-refractivity contribution is -0.123. The third-order valence-electron chi connectivity index (χ3n) is 6.68. The van der Waals surface area contributed by atoms with Gasteiger partial charge in [-0.15, -0.1) is 0 Å². The number of para-hydroxylation sites is 1. The van der Waals surface area contributed by atoms with E-state index in [0.29, 0.717) is 44.2 Å². The van der Waals surface area contributed by atoms with Gasteiger partial charge in [0.25, 0.3) is 0 Å². The predicted molar refractivity (Wildman–Crippen MR) is 134 cm³/mol. The van der Waals surface area contributed by atoms with Gasteiger partial charge in [-0.05, 0) is 43.4 Å². The number of ether oxygens (including phenoxy) is 1. The van der Waals surface area contributed by atoms with Gasteiger partial charge in [0.2, 0.25) is 11.8 Å². The smallest absolute Gasteiger partial charge is 0.239 e. The molecule has 0 saturated carbocycles. The molecule has 9 nitrogen and oxygen atoms in total. The Kier molecular flexibility index (Phi) is 8.53. The Balaban J connectivity index is 1.39. The van der Waals surface area contributed by atoms with Crippen molar-refractivity contribution in [3.63, 3.8) is 0 Å². The van der Waals surface area contributed by atoms with Gasteiger partial charge in [-0.25, -0.2) is 0 Å². The molecule has 2 N–H and O–H groups in total. The van der Waals surface area contributed by atoms with E-state index in [-0.39, 0.29) is 18.4 Å². The molecule has 2 aromatic rings. The summed E-state index contributed by atoms with van der Waals surface area (Å²) < 4.78 is 7.01. The number of methoxy groups -OCH3 is 1. The first kappa shape index (κ1) is 24.9. The quantitative estimate of drug-likeness (QED) is 0.530. The van der Waals surface area contributed by atoms with Gasteiger partial charge in [0.05, 0.1) is 25.3 Å². The largest absolute Gasteiger partial charge is 0.383 e. The zero-order valence-electron chi connectivity index (χ0n) is 20.4. The van der Waals surface area contributed by atoms with Crippen molar-refractivity contribution in [2.24, 2.45) is 0 Å². The van der Waals surface area contributed by atoms with Crippen LogP contribution in [0.4, 0.5) is 5.82 Å². The van der Waals surface area contributed by atoms with E-state index >= 15 is 0 Å². The van der Waals surface area contributed by atoms with Gasteiger partial charge in [0, 0.05) is 51.2 Å². The van der Waals surface area contributed by atoms with Crippen molar-refractivity contribution in [3.8, 4) is 11.8 Å². The van der Waals surface area contributed by atoms with E-state index < -0.39 is 0 Å². The molecule has 2 aliphatic rings. The molecule has 1 aliphatic heterocycles. The van der Waals surface area contributed by atoms with Crippen LogP contribution >= 0.6 is 0 Å². The molecule has 0 spiro atoms. The maximum atomic E-state index is 13.1. The summed E-state index contributed by atoms with van der Waals surface area (Å²) in [6.07, 6.45) is 3.90. The summed E-state index contributed by atoms with van der Waals surface area (Å²) in [6, 6.07) is 12.3. The van der Waals surface area contributed by atoms with E-state index in [2.05, 4.69) is 31.1 Å². The molecule has 0 bridgehead atoms. The van der Waals surface area contributed by atoms with Crippen LogP contribution in [0.2, 0.25) is 0 Å². The Hall–Kier alpha value is -3.19. The lowest BCUT2D eigenvalue weighted by atomic mass is 9.95. The van der Waals surface area contributed by atoms with Gasteiger partial charge in [0.15, 0.2) is 0 Å². The van der Waals surface area contributed by atoms with Gasteiger partial charge >= 0.3 is 0 Å². The van der Waals surface area contributed by atoms with Gasteiger partial charge < -0.3 is 15.4 Å². The SMILES string of the molecule is COCCNC(=O)CN1CCN(CC(=O)Nc2c(C#N)c3c(n2-c2ccccc2)CCCC3)CC1. The first-order valence-corrected chi connectivity index (χ1v) is 12.3. The summed E-state index contributed by atoms with van der Waals surface area (Å²) in [4.78, 5) is 29.3. The van der Waals surface area contributed by atoms with Crippen molar-refractivity contribution in [1.82, 2.24) is 19.7 Å². The number of benzene rings is 1. The Labute approximate surface area is 206 Å². The first-order chi connectivity index (χ1) is 17.1. The molecule has 1 aromatic carbocycles. The molecule has 2 amide bonds. The van der Waals surface area contributed by atoms with E-state index in [1.807, 2.05) is 30.3 Å². The maximum absolute atomic E-state index is 13.1. The average Bonchev–Trinajstić information content (AvgIpc) is 3.18. The molecule has 1 aliphatic carbocycles. The monoisotopic (exact) mass is 478 g/mol. The number of carbonyl (C=O) groups is 2. The summed E-state index contributed by atoms with van der Waals surface area (Å²) in [6.45, 7) is 4.48. The number of carbonyl (C=O) groups excluding carboxylic acids is 2. The molecule has 1 saturated heterocycles. The summed E-state index contributed by atoms with van der Waals surface area (Å²) in [5.41, 5.74) is 3.74. The number of aromatic nitrogens is 1. The molecular weight excluding hydrogens is 444 g/mol. The minimum atomic E-state index is -0.126. The molecule has 2 heterocycles. The first-order valence-electron chi connectivity index (χ1n) is 12.3. The Morgan fingerprint density at radius 3 is 2.31 bits per heavy atom. The predicted octanol–water partition coefficient (Wildman–Crippen LogP) is 1.55. The highest BCUT2D eigenvalue weighted by Gasteiger charge is 2.27. The summed E-state index contributed by atoms with van der Waals surface area (Å²) >= 11 is 0. The fourth-order valence-electron chi connectivity index (χ4n) is 4.93. The summed E-state index contributed by atoms with van der Waals surface area (Å²) in [5.74, 6) is 0.448. The number of rotatable bonds is 9. The van der Waals surface area contributed by atoms with Gasteiger partial charge in [0.1, 0.15) is 11.9 Å². The number of amides is 2. The molecule has 9 heteroatoms. The number of hydrogen-bond acceptors (Lipinski definition) is 6. The molecule has 0 atom stereocenters. The summed E-state index contributed by atoms with van der Waals surface area (Å²) in [5, 5.41) is 15.9. The van der Waals surface area contributed by atoms with E-state index in [9.17, 15) is 14.9 Å². The van der Waals surface area contributed by atoms with Crippen molar-refractivity contribution in [3.05, 3.63) is 47.2 Å². The zero-order valence-corrected chi connectivity index (χ0v) is 20.4. The van der Waals surface area contributed by atoms with Crippen LogP contribution in [0.15, 0.2) is 30.3 Å². The maximum Gasteiger partial charge on any atom is 0.239 e. The highest BCUT2D eigenvalue weighted by atomic mass is 16.5. The highest BCUT2D eigenvalue weighted by Crippen LogP contribution is 2.35. The van der Waals surface area contributed by atoms with Crippen molar-refractivity contribution < 1.29 is 14.3 Å². The van der Waals surface area contributed by atoms with Crippen LogP contribution in [0.25, 0.3) is 5.69 Å². The van der Waals surface area contributed by atoms with Crippen LogP contribution in [0.1, 0.15) is 29.7 Å². The topological polar surface area (TPSA) is 103 Å². The van der Waals surface area contributed by atoms with Gasteiger partial charge in [-0.2, -0.15) is 5.26 Å². The standard InChI is InChI=1S/C26H34N6O3/c1-35-16-11-28-24(33)18-30-12-14-31(15-13-30)19-25(34)29-26-22(17-27)21-9-5-6-10-23(21)32(26)20-7-3-2-4-8-20/h2-4,7-8H,5-6,9-16,18-19H2,1H3,(H,28,33)(H,29,34). The van der Waals surface area contributed by atoms with Gasteiger partial charge in [-0.3, -0.25) is 24.0 Å². The molecule has 1 aromatic heterocycles. The van der Waals surface area contributed by atoms with Crippen LogP contribution in [0.5, 0.6) is 0 Å². The number of nitrogens with one attached hydrogen (secondary N) is 2. The molecule has 35 heavy (non-hydrogen) atoms. The van der Waals surface area contributed by atoms with Crippen molar-refractivity contribution >= 4 is 17.6 Å². The second-order valence-corrected chi connectivity index (χ2v) is 9.08. The Morgan fingerprint density at radius 1 is 1.00 bits per heavy atom. The molecular formula is C26H34N6O3. The number of piperazine rings is 1.